The van der Waals surface area contributed by atoms with E-state index in [0.29, 0.717) is 53.4 Å². The Kier molecular flexibility index (Phi) is 4.95. The van der Waals surface area contributed by atoms with Crippen molar-refractivity contribution in [3.05, 3.63) is 77.5 Å². The van der Waals surface area contributed by atoms with E-state index < -0.39 is 0 Å². The molecule has 1 aliphatic heterocycles. The van der Waals surface area contributed by atoms with Gasteiger partial charge in [0.1, 0.15) is 0 Å². The summed E-state index contributed by atoms with van der Waals surface area (Å²) in [5.41, 5.74) is 2.12. The number of furan rings is 1. The molecule has 4 heterocycles. The van der Waals surface area contributed by atoms with E-state index >= 15 is 0 Å². The first-order chi connectivity index (χ1) is 16.6. The standard InChI is InChI=1S/C25H21ClN6O2/c1-16-15-30(11-12-31(16)24(33)17-6-3-2-4-7-17)25-27-20-14-18(26)9-10-19(20)22-28-29-23(32(22)25)21-8-5-13-34-21/h2-10,13-14,16H,11-12,15H2,1H3/t16-/m0/s1. The number of anilines is 1. The van der Waals surface area contributed by atoms with Crippen LogP contribution in [0.5, 0.6) is 0 Å². The molecule has 1 amide bonds. The van der Waals surface area contributed by atoms with Gasteiger partial charge in [0.2, 0.25) is 11.8 Å². The van der Waals surface area contributed by atoms with E-state index in [2.05, 4.69) is 22.0 Å². The van der Waals surface area contributed by atoms with Gasteiger partial charge >= 0.3 is 0 Å². The number of benzene rings is 2. The summed E-state index contributed by atoms with van der Waals surface area (Å²) in [6, 6.07) is 18.6. The van der Waals surface area contributed by atoms with Crippen LogP contribution in [-0.2, 0) is 0 Å². The summed E-state index contributed by atoms with van der Waals surface area (Å²) < 4.78 is 7.56. The third-order valence-corrected chi connectivity index (χ3v) is 6.45. The van der Waals surface area contributed by atoms with E-state index in [1.54, 1.807) is 6.26 Å². The molecule has 3 aromatic heterocycles. The molecule has 0 N–H and O–H groups in total. The molecule has 0 unspecified atom stereocenters. The van der Waals surface area contributed by atoms with Gasteiger partial charge in [-0.05, 0) is 49.4 Å². The highest BCUT2D eigenvalue weighted by Gasteiger charge is 2.31. The van der Waals surface area contributed by atoms with Crippen LogP contribution in [-0.4, -0.2) is 56.1 Å². The fourth-order valence-electron chi connectivity index (χ4n) is 4.56. The smallest absolute Gasteiger partial charge is 0.254 e. The summed E-state index contributed by atoms with van der Waals surface area (Å²) in [5.74, 6) is 1.92. The van der Waals surface area contributed by atoms with E-state index in [1.807, 2.05) is 70.0 Å². The zero-order valence-corrected chi connectivity index (χ0v) is 19.2. The van der Waals surface area contributed by atoms with Crippen molar-refractivity contribution in [2.75, 3.05) is 24.5 Å². The minimum atomic E-state index is -0.0168. The Morgan fingerprint density at radius 2 is 1.91 bits per heavy atom. The van der Waals surface area contributed by atoms with Gasteiger partial charge in [-0.1, -0.05) is 29.8 Å². The van der Waals surface area contributed by atoms with E-state index in [0.717, 1.165) is 10.9 Å². The van der Waals surface area contributed by atoms with Crippen LogP contribution in [0.2, 0.25) is 5.02 Å². The van der Waals surface area contributed by atoms with Crippen LogP contribution in [0.25, 0.3) is 28.1 Å². The van der Waals surface area contributed by atoms with Crippen molar-refractivity contribution in [1.82, 2.24) is 24.5 Å². The van der Waals surface area contributed by atoms with Crippen LogP contribution in [0.1, 0.15) is 17.3 Å². The second-order valence-corrected chi connectivity index (χ2v) is 8.83. The number of amides is 1. The second-order valence-electron chi connectivity index (χ2n) is 8.39. The highest BCUT2D eigenvalue weighted by atomic mass is 35.5. The lowest BCUT2D eigenvalue weighted by molar-refractivity contribution is 0.0673. The number of aromatic nitrogens is 4. The molecular weight excluding hydrogens is 452 g/mol. The van der Waals surface area contributed by atoms with Gasteiger partial charge < -0.3 is 14.2 Å². The van der Waals surface area contributed by atoms with Gasteiger partial charge in [0.05, 0.1) is 11.8 Å². The van der Waals surface area contributed by atoms with Gasteiger partial charge in [-0.2, -0.15) is 0 Å². The summed E-state index contributed by atoms with van der Waals surface area (Å²) in [7, 11) is 0. The van der Waals surface area contributed by atoms with Crippen molar-refractivity contribution in [2.24, 2.45) is 0 Å². The van der Waals surface area contributed by atoms with Gasteiger partial charge in [-0.3, -0.25) is 4.79 Å². The first-order valence-electron chi connectivity index (χ1n) is 11.1. The Bertz CT molecular complexity index is 1500. The fraction of sp³-hybridized carbons (Fsp3) is 0.200. The molecule has 8 nitrogen and oxygen atoms in total. The second kappa shape index (κ2) is 8.14. The van der Waals surface area contributed by atoms with Gasteiger partial charge in [-0.15, -0.1) is 10.2 Å². The van der Waals surface area contributed by atoms with Crippen LogP contribution in [0.4, 0.5) is 5.95 Å². The van der Waals surface area contributed by atoms with Crippen molar-refractivity contribution < 1.29 is 9.21 Å². The largest absolute Gasteiger partial charge is 0.461 e. The van der Waals surface area contributed by atoms with E-state index in [1.165, 1.54) is 0 Å². The lowest BCUT2D eigenvalue weighted by Crippen LogP contribution is -2.54. The molecule has 1 fully saturated rings. The average Bonchev–Trinajstić information content (AvgIpc) is 3.54. The number of nitrogens with zero attached hydrogens (tertiary/aromatic N) is 6. The number of piperazine rings is 1. The Balaban J connectivity index is 1.43. The molecule has 0 aliphatic carbocycles. The summed E-state index contributed by atoms with van der Waals surface area (Å²) in [4.78, 5) is 22.1. The summed E-state index contributed by atoms with van der Waals surface area (Å²) in [5, 5.41) is 10.3. The predicted molar refractivity (Wildman–Crippen MR) is 130 cm³/mol. The van der Waals surface area contributed by atoms with E-state index in [4.69, 9.17) is 21.0 Å². The van der Waals surface area contributed by atoms with Gasteiger partial charge in [0.25, 0.3) is 5.91 Å². The summed E-state index contributed by atoms with van der Waals surface area (Å²) in [6.07, 6.45) is 1.61. The Morgan fingerprint density at radius 3 is 2.68 bits per heavy atom. The van der Waals surface area contributed by atoms with Crippen LogP contribution in [0.3, 0.4) is 0 Å². The topological polar surface area (TPSA) is 79.8 Å². The molecule has 0 bridgehead atoms. The van der Waals surface area contributed by atoms with E-state index in [9.17, 15) is 4.79 Å². The zero-order valence-electron chi connectivity index (χ0n) is 18.4. The van der Waals surface area contributed by atoms with E-state index in [-0.39, 0.29) is 11.9 Å². The molecule has 5 aromatic rings. The monoisotopic (exact) mass is 472 g/mol. The third-order valence-electron chi connectivity index (χ3n) is 6.22. The van der Waals surface area contributed by atoms with Crippen molar-refractivity contribution in [2.45, 2.75) is 13.0 Å². The molecule has 170 valence electrons. The number of hydrogen-bond acceptors (Lipinski definition) is 6. The molecule has 9 heteroatoms. The maximum absolute atomic E-state index is 13.1. The minimum absolute atomic E-state index is 0.0168. The highest BCUT2D eigenvalue weighted by Crippen LogP contribution is 2.31. The first kappa shape index (κ1) is 20.7. The Labute approximate surface area is 200 Å². The molecule has 34 heavy (non-hydrogen) atoms. The third kappa shape index (κ3) is 3.38. The molecular formula is C25H21ClN6O2. The molecule has 0 spiro atoms. The Hall–Kier alpha value is -3.91. The number of halogens is 1. The normalized spacial score (nSPS) is 16.5. The van der Waals surface area contributed by atoms with Crippen molar-refractivity contribution in [3.63, 3.8) is 0 Å². The van der Waals surface area contributed by atoms with Gasteiger partial charge in [0.15, 0.2) is 11.4 Å². The molecule has 2 aromatic carbocycles. The van der Waals surface area contributed by atoms with Crippen LogP contribution < -0.4 is 4.90 Å². The maximum Gasteiger partial charge on any atom is 0.254 e. The number of carbonyl (C=O) groups is 1. The molecule has 6 rings (SSSR count). The van der Waals surface area contributed by atoms with Crippen LogP contribution >= 0.6 is 11.6 Å². The van der Waals surface area contributed by atoms with Crippen molar-refractivity contribution in [3.8, 4) is 11.6 Å². The Morgan fingerprint density at radius 1 is 1.06 bits per heavy atom. The summed E-state index contributed by atoms with van der Waals surface area (Å²) >= 11 is 6.27. The lowest BCUT2D eigenvalue weighted by atomic mass is 10.1. The maximum atomic E-state index is 13.1. The summed E-state index contributed by atoms with van der Waals surface area (Å²) in [6.45, 7) is 3.86. The molecule has 1 saturated heterocycles. The van der Waals surface area contributed by atoms with Gasteiger partial charge in [0, 0.05) is 41.6 Å². The van der Waals surface area contributed by atoms with Gasteiger partial charge in [-0.25, -0.2) is 9.38 Å². The van der Waals surface area contributed by atoms with Crippen molar-refractivity contribution >= 4 is 40.0 Å². The average molecular weight is 473 g/mol. The molecule has 0 radical (unpaired) electrons. The molecule has 1 atom stereocenters. The number of carbonyl (C=O) groups excluding carboxylic acids is 1. The minimum Gasteiger partial charge on any atom is -0.461 e. The zero-order chi connectivity index (χ0) is 23.2. The number of fused-ring (bicyclic) bond motifs is 3. The van der Waals surface area contributed by atoms with Crippen LogP contribution in [0, 0.1) is 0 Å². The highest BCUT2D eigenvalue weighted by molar-refractivity contribution is 6.31. The fourth-order valence-corrected chi connectivity index (χ4v) is 4.72. The number of rotatable bonds is 3. The quantitative estimate of drug-likeness (QED) is 0.383. The SMILES string of the molecule is C[C@H]1CN(c2nc3cc(Cl)ccc3c3nnc(-c4ccco4)n23)CCN1C(=O)c1ccccc1. The first-order valence-corrected chi connectivity index (χ1v) is 11.5. The lowest BCUT2D eigenvalue weighted by Gasteiger charge is -2.40. The van der Waals surface area contributed by atoms with Crippen molar-refractivity contribution in [1.29, 1.82) is 0 Å². The molecule has 1 aliphatic rings. The van der Waals surface area contributed by atoms with Crippen LogP contribution in [0.15, 0.2) is 71.3 Å². The molecule has 0 saturated carbocycles. The predicted octanol–water partition coefficient (Wildman–Crippen LogP) is 4.54. The number of hydrogen-bond donors (Lipinski definition) is 0.